The van der Waals surface area contributed by atoms with Gasteiger partial charge in [0, 0.05) is 0 Å². The van der Waals surface area contributed by atoms with Gasteiger partial charge in [0.05, 0.1) is 12.5 Å². The highest BCUT2D eigenvalue weighted by Gasteiger charge is 2.10. The van der Waals surface area contributed by atoms with Crippen molar-refractivity contribution >= 4 is 11.9 Å². The highest BCUT2D eigenvalue weighted by atomic mass is 16.5. The summed E-state index contributed by atoms with van der Waals surface area (Å²) in [4.78, 5) is 22.7. The van der Waals surface area contributed by atoms with Crippen molar-refractivity contribution in [3.63, 3.8) is 0 Å². The fraction of sp³-hybridized carbons (Fsp3) is 0.300. The maximum Gasteiger partial charge on any atom is 0.341 e. The van der Waals surface area contributed by atoms with Crippen LogP contribution in [0.25, 0.3) is 0 Å². The highest BCUT2D eigenvalue weighted by Crippen LogP contribution is 2.18. The van der Waals surface area contributed by atoms with Gasteiger partial charge in [-0.3, -0.25) is 4.79 Å². The quantitative estimate of drug-likeness (QED) is 0.773. The van der Waals surface area contributed by atoms with Crippen molar-refractivity contribution in [1.82, 2.24) is 5.32 Å². The first-order valence-corrected chi connectivity index (χ1v) is 8.29. The van der Waals surface area contributed by atoms with E-state index in [1.54, 1.807) is 12.1 Å². The summed E-state index contributed by atoms with van der Waals surface area (Å²) in [5.74, 6) is -0.569. The van der Waals surface area contributed by atoms with Crippen LogP contribution in [0.2, 0.25) is 0 Å². The van der Waals surface area contributed by atoms with E-state index in [-0.39, 0.29) is 18.6 Å². The first kappa shape index (κ1) is 18.5. The van der Waals surface area contributed by atoms with Gasteiger partial charge in [0.15, 0.2) is 6.61 Å². The van der Waals surface area contributed by atoms with Gasteiger partial charge in [0.1, 0.15) is 5.75 Å². The number of aryl methyl sites for hydroxylation is 1. The monoisotopic (exact) mass is 341 g/mol. The minimum absolute atomic E-state index is 0.0389. The topological polar surface area (TPSA) is 75.6 Å². The lowest BCUT2D eigenvalue weighted by atomic mass is 10.1. The Hall–Kier alpha value is -2.82. The molecule has 2 N–H and O–H groups in total. The van der Waals surface area contributed by atoms with Gasteiger partial charge >= 0.3 is 5.97 Å². The SMILES string of the molecule is CCc1ccc(CC(=O)NC(C)c2ccc(OCC(=O)O)cc2)cc1. The molecule has 1 unspecified atom stereocenters. The number of carbonyl (C=O) groups is 2. The molecule has 5 nitrogen and oxygen atoms in total. The fourth-order valence-corrected chi connectivity index (χ4v) is 2.45. The molecule has 132 valence electrons. The van der Waals surface area contributed by atoms with Gasteiger partial charge in [-0.1, -0.05) is 43.3 Å². The molecule has 0 spiro atoms. The van der Waals surface area contributed by atoms with E-state index in [9.17, 15) is 9.59 Å². The lowest BCUT2D eigenvalue weighted by Crippen LogP contribution is -2.28. The molecule has 1 atom stereocenters. The third-order valence-corrected chi connectivity index (χ3v) is 3.92. The van der Waals surface area contributed by atoms with Crippen molar-refractivity contribution in [2.45, 2.75) is 32.7 Å². The molecule has 2 aromatic rings. The number of benzene rings is 2. The van der Waals surface area contributed by atoms with Gasteiger partial charge < -0.3 is 15.2 Å². The number of carboxylic acid groups (broad SMARTS) is 1. The Labute approximate surface area is 147 Å². The summed E-state index contributed by atoms with van der Waals surface area (Å²) < 4.78 is 5.09. The molecule has 0 fully saturated rings. The van der Waals surface area contributed by atoms with Gasteiger partial charge in [-0.2, -0.15) is 0 Å². The molecule has 25 heavy (non-hydrogen) atoms. The number of carbonyl (C=O) groups excluding carboxylic acids is 1. The summed E-state index contributed by atoms with van der Waals surface area (Å²) in [5, 5.41) is 11.6. The molecule has 0 aliphatic heterocycles. The Bertz CT molecular complexity index is 707. The number of nitrogens with one attached hydrogen (secondary N) is 1. The minimum atomic E-state index is -1.02. The Kier molecular flexibility index (Phi) is 6.57. The third-order valence-electron chi connectivity index (χ3n) is 3.92. The molecule has 2 aromatic carbocycles. The molecule has 0 saturated carbocycles. The van der Waals surface area contributed by atoms with Crippen LogP contribution >= 0.6 is 0 Å². The maximum atomic E-state index is 12.2. The molecular weight excluding hydrogens is 318 g/mol. The summed E-state index contributed by atoms with van der Waals surface area (Å²) in [7, 11) is 0. The third kappa shape index (κ3) is 5.95. The Balaban J connectivity index is 1.88. The van der Waals surface area contributed by atoms with E-state index in [1.807, 2.05) is 43.3 Å². The fourth-order valence-electron chi connectivity index (χ4n) is 2.45. The lowest BCUT2D eigenvalue weighted by molar-refractivity contribution is -0.139. The number of rotatable bonds is 8. The first-order chi connectivity index (χ1) is 12.0. The Morgan fingerprint density at radius 2 is 1.64 bits per heavy atom. The molecule has 0 aromatic heterocycles. The predicted octanol–water partition coefficient (Wildman–Crippen LogP) is 3.13. The van der Waals surface area contributed by atoms with Crippen LogP contribution in [0.4, 0.5) is 0 Å². The first-order valence-electron chi connectivity index (χ1n) is 8.29. The predicted molar refractivity (Wildman–Crippen MR) is 95.7 cm³/mol. The second-order valence-corrected chi connectivity index (χ2v) is 5.89. The van der Waals surface area contributed by atoms with E-state index in [4.69, 9.17) is 9.84 Å². The zero-order chi connectivity index (χ0) is 18.2. The van der Waals surface area contributed by atoms with Crippen LogP contribution in [0.15, 0.2) is 48.5 Å². The van der Waals surface area contributed by atoms with E-state index in [0.717, 1.165) is 17.5 Å². The molecule has 0 aliphatic carbocycles. The van der Waals surface area contributed by atoms with Gasteiger partial charge in [-0.25, -0.2) is 4.79 Å². The average molecular weight is 341 g/mol. The summed E-state index contributed by atoms with van der Waals surface area (Å²) in [5.41, 5.74) is 3.17. The van der Waals surface area contributed by atoms with Crippen LogP contribution in [0, 0.1) is 0 Å². The van der Waals surface area contributed by atoms with Crippen LogP contribution in [0.5, 0.6) is 5.75 Å². The average Bonchev–Trinajstić information content (AvgIpc) is 2.61. The lowest BCUT2D eigenvalue weighted by Gasteiger charge is -2.15. The zero-order valence-electron chi connectivity index (χ0n) is 14.5. The number of ether oxygens (including phenoxy) is 1. The van der Waals surface area contributed by atoms with Crippen molar-refractivity contribution in [3.8, 4) is 5.75 Å². The smallest absolute Gasteiger partial charge is 0.341 e. The zero-order valence-corrected chi connectivity index (χ0v) is 14.5. The van der Waals surface area contributed by atoms with Crippen LogP contribution < -0.4 is 10.1 Å². The summed E-state index contributed by atoms with van der Waals surface area (Å²) in [6.45, 7) is 3.63. The van der Waals surface area contributed by atoms with Crippen LogP contribution in [-0.2, 0) is 22.4 Å². The van der Waals surface area contributed by atoms with Crippen LogP contribution in [-0.4, -0.2) is 23.6 Å². The minimum Gasteiger partial charge on any atom is -0.482 e. The Morgan fingerprint density at radius 3 is 2.20 bits per heavy atom. The van der Waals surface area contributed by atoms with Gasteiger partial charge in [0.2, 0.25) is 5.91 Å². The molecular formula is C20H23NO4. The van der Waals surface area contributed by atoms with Gasteiger partial charge in [-0.15, -0.1) is 0 Å². The van der Waals surface area contributed by atoms with Crippen molar-refractivity contribution in [2.24, 2.45) is 0 Å². The standard InChI is InChI=1S/C20H23NO4/c1-3-15-4-6-16(7-5-15)12-19(22)21-14(2)17-8-10-18(11-9-17)25-13-20(23)24/h4-11,14H,3,12-13H2,1-2H3,(H,21,22)(H,23,24). The molecule has 2 rings (SSSR count). The molecule has 1 amide bonds. The molecule has 0 saturated heterocycles. The number of hydrogen-bond donors (Lipinski definition) is 2. The van der Waals surface area contributed by atoms with Gasteiger partial charge in [-0.05, 0) is 42.2 Å². The number of hydrogen-bond acceptors (Lipinski definition) is 3. The summed E-state index contributed by atoms with van der Waals surface area (Å²) in [6, 6.07) is 14.9. The van der Waals surface area contributed by atoms with Gasteiger partial charge in [0.25, 0.3) is 0 Å². The van der Waals surface area contributed by atoms with Crippen molar-refractivity contribution in [1.29, 1.82) is 0 Å². The largest absolute Gasteiger partial charge is 0.482 e. The molecule has 0 radical (unpaired) electrons. The second-order valence-electron chi connectivity index (χ2n) is 5.89. The van der Waals surface area contributed by atoms with Crippen molar-refractivity contribution in [2.75, 3.05) is 6.61 Å². The van der Waals surface area contributed by atoms with Crippen molar-refractivity contribution in [3.05, 3.63) is 65.2 Å². The van der Waals surface area contributed by atoms with E-state index in [0.29, 0.717) is 12.2 Å². The second kappa shape index (κ2) is 8.87. The van der Waals surface area contributed by atoms with E-state index in [1.165, 1.54) is 5.56 Å². The van der Waals surface area contributed by atoms with E-state index in [2.05, 4.69) is 12.2 Å². The molecule has 0 aliphatic rings. The normalized spacial score (nSPS) is 11.6. The molecule has 0 heterocycles. The molecule has 0 bridgehead atoms. The Morgan fingerprint density at radius 1 is 1.04 bits per heavy atom. The van der Waals surface area contributed by atoms with Crippen LogP contribution in [0.1, 0.15) is 36.6 Å². The number of carboxylic acids is 1. The highest BCUT2D eigenvalue weighted by molar-refractivity contribution is 5.79. The van der Waals surface area contributed by atoms with Crippen LogP contribution in [0.3, 0.4) is 0 Å². The maximum absolute atomic E-state index is 12.2. The summed E-state index contributed by atoms with van der Waals surface area (Å²) >= 11 is 0. The van der Waals surface area contributed by atoms with E-state index < -0.39 is 5.97 Å². The number of amides is 1. The number of aliphatic carboxylic acids is 1. The van der Waals surface area contributed by atoms with Crippen molar-refractivity contribution < 1.29 is 19.4 Å². The van der Waals surface area contributed by atoms with E-state index >= 15 is 0 Å². The summed E-state index contributed by atoms with van der Waals surface area (Å²) in [6.07, 6.45) is 1.32. The molecule has 5 heteroatoms.